The molecule has 1 aromatic carbocycles. The van der Waals surface area contributed by atoms with E-state index in [1.807, 2.05) is 0 Å². The van der Waals surface area contributed by atoms with Gasteiger partial charge in [0.15, 0.2) is 0 Å². The SMILES string of the molecule is CC(COc1cc(Cl)cc(Cl)c1)/C(N)=N/O. The number of ether oxygens (including phenoxy) is 1. The maximum atomic E-state index is 8.46. The molecule has 0 aliphatic rings. The summed E-state index contributed by atoms with van der Waals surface area (Å²) in [5.74, 6) is 0.478. The lowest BCUT2D eigenvalue weighted by molar-refractivity contribution is 0.279. The third kappa shape index (κ3) is 3.79. The summed E-state index contributed by atoms with van der Waals surface area (Å²) in [5, 5.41) is 12.4. The van der Waals surface area contributed by atoms with E-state index in [0.717, 1.165) is 0 Å². The van der Waals surface area contributed by atoms with Crippen LogP contribution >= 0.6 is 23.2 Å². The summed E-state index contributed by atoms with van der Waals surface area (Å²) < 4.78 is 5.41. The minimum Gasteiger partial charge on any atom is -0.493 e. The molecule has 0 aliphatic carbocycles. The molecule has 6 heteroatoms. The van der Waals surface area contributed by atoms with Gasteiger partial charge in [-0.1, -0.05) is 35.3 Å². The van der Waals surface area contributed by atoms with Crippen molar-refractivity contribution in [3.8, 4) is 5.75 Å². The van der Waals surface area contributed by atoms with Crippen LogP contribution in [0.5, 0.6) is 5.75 Å². The molecule has 0 radical (unpaired) electrons. The van der Waals surface area contributed by atoms with Crippen molar-refractivity contribution in [1.82, 2.24) is 0 Å². The summed E-state index contributed by atoms with van der Waals surface area (Å²) >= 11 is 11.6. The Bertz CT molecular complexity index is 376. The molecule has 0 fully saturated rings. The van der Waals surface area contributed by atoms with E-state index >= 15 is 0 Å². The first kappa shape index (κ1) is 12.9. The fourth-order valence-corrected chi connectivity index (χ4v) is 1.52. The molecule has 1 aromatic rings. The summed E-state index contributed by atoms with van der Waals surface area (Å²) in [7, 11) is 0. The topological polar surface area (TPSA) is 67.8 Å². The fraction of sp³-hybridized carbons (Fsp3) is 0.300. The summed E-state index contributed by atoms with van der Waals surface area (Å²) in [6.07, 6.45) is 0. The van der Waals surface area contributed by atoms with Crippen LogP contribution in [0.3, 0.4) is 0 Å². The lowest BCUT2D eigenvalue weighted by atomic mass is 10.2. The zero-order valence-corrected chi connectivity index (χ0v) is 10.2. The number of rotatable bonds is 4. The molecule has 88 valence electrons. The van der Waals surface area contributed by atoms with Gasteiger partial charge in [-0.3, -0.25) is 0 Å². The first-order chi connectivity index (χ1) is 7.52. The molecule has 0 saturated heterocycles. The number of oxime groups is 1. The number of benzene rings is 1. The highest BCUT2D eigenvalue weighted by atomic mass is 35.5. The maximum Gasteiger partial charge on any atom is 0.145 e. The minimum absolute atomic E-state index is 0.119. The van der Waals surface area contributed by atoms with E-state index in [2.05, 4.69) is 5.16 Å². The average Bonchev–Trinajstić information content (AvgIpc) is 2.23. The van der Waals surface area contributed by atoms with Crippen molar-refractivity contribution < 1.29 is 9.94 Å². The van der Waals surface area contributed by atoms with Crippen molar-refractivity contribution in [1.29, 1.82) is 0 Å². The zero-order valence-electron chi connectivity index (χ0n) is 8.65. The van der Waals surface area contributed by atoms with Crippen molar-refractivity contribution in [3.63, 3.8) is 0 Å². The van der Waals surface area contributed by atoms with Gasteiger partial charge in [0.25, 0.3) is 0 Å². The second kappa shape index (κ2) is 5.82. The van der Waals surface area contributed by atoms with E-state index in [0.29, 0.717) is 15.8 Å². The van der Waals surface area contributed by atoms with Crippen LogP contribution in [0.4, 0.5) is 0 Å². The van der Waals surface area contributed by atoms with Crippen LogP contribution in [0.2, 0.25) is 10.0 Å². The van der Waals surface area contributed by atoms with Crippen molar-refractivity contribution in [2.24, 2.45) is 16.8 Å². The first-order valence-corrected chi connectivity index (χ1v) is 5.35. The normalized spacial score (nSPS) is 13.6. The molecule has 0 heterocycles. The van der Waals surface area contributed by atoms with Crippen LogP contribution in [0.1, 0.15) is 6.92 Å². The predicted molar refractivity (Wildman–Crippen MR) is 64.5 cm³/mol. The van der Waals surface area contributed by atoms with Gasteiger partial charge in [0, 0.05) is 10.0 Å². The molecule has 0 amide bonds. The monoisotopic (exact) mass is 262 g/mol. The van der Waals surface area contributed by atoms with Crippen molar-refractivity contribution in [3.05, 3.63) is 28.2 Å². The van der Waals surface area contributed by atoms with Gasteiger partial charge in [0.1, 0.15) is 11.6 Å². The number of nitrogens with two attached hydrogens (primary N) is 1. The maximum absolute atomic E-state index is 8.46. The van der Waals surface area contributed by atoms with Gasteiger partial charge in [-0.05, 0) is 18.2 Å². The molecular formula is C10H12Cl2N2O2. The largest absolute Gasteiger partial charge is 0.493 e. The molecule has 0 saturated carbocycles. The van der Waals surface area contributed by atoms with Crippen molar-refractivity contribution >= 4 is 29.0 Å². The molecule has 4 nitrogen and oxygen atoms in total. The first-order valence-electron chi connectivity index (χ1n) is 4.59. The third-order valence-electron chi connectivity index (χ3n) is 1.96. The smallest absolute Gasteiger partial charge is 0.145 e. The Morgan fingerprint density at radius 2 is 2.00 bits per heavy atom. The molecule has 1 atom stereocenters. The summed E-state index contributed by atoms with van der Waals surface area (Å²) in [4.78, 5) is 0. The highest BCUT2D eigenvalue weighted by molar-refractivity contribution is 6.34. The van der Waals surface area contributed by atoms with Crippen LogP contribution in [-0.2, 0) is 0 Å². The summed E-state index contributed by atoms with van der Waals surface area (Å²) in [6, 6.07) is 4.90. The number of nitrogens with zero attached hydrogens (tertiary/aromatic N) is 1. The van der Waals surface area contributed by atoms with Crippen LogP contribution in [0.15, 0.2) is 23.4 Å². The van der Waals surface area contributed by atoms with E-state index in [1.54, 1.807) is 25.1 Å². The molecule has 0 aliphatic heterocycles. The Morgan fingerprint density at radius 1 is 1.44 bits per heavy atom. The van der Waals surface area contributed by atoms with E-state index in [1.165, 1.54) is 0 Å². The van der Waals surface area contributed by atoms with Gasteiger partial charge in [0.05, 0.1) is 12.5 Å². The van der Waals surface area contributed by atoms with Gasteiger partial charge < -0.3 is 15.7 Å². The molecule has 0 aromatic heterocycles. The zero-order chi connectivity index (χ0) is 12.1. The quantitative estimate of drug-likeness (QED) is 0.380. The highest BCUT2D eigenvalue weighted by Crippen LogP contribution is 2.24. The second-order valence-electron chi connectivity index (χ2n) is 3.34. The number of hydrogen-bond donors (Lipinski definition) is 2. The van der Waals surface area contributed by atoms with Gasteiger partial charge in [-0.2, -0.15) is 0 Å². The fourth-order valence-electron chi connectivity index (χ4n) is 1.02. The van der Waals surface area contributed by atoms with Crippen molar-refractivity contribution in [2.45, 2.75) is 6.92 Å². The van der Waals surface area contributed by atoms with Gasteiger partial charge in [-0.15, -0.1) is 0 Å². The van der Waals surface area contributed by atoms with Gasteiger partial charge in [0.2, 0.25) is 0 Å². The van der Waals surface area contributed by atoms with E-state index in [4.69, 9.17) is 38.9 Å². The number of halogens is 2. The Balaban J connectivity index is 2.61. The molecule has 1 rings (SSSR count). The molecule has 1 unspecified atom stereocenters. The third-order valence-corrected chi connectivity index (χ3v) is 2.39. The van der Waals surface area contributed by atoms with E-state index in [-0.39, 0.29) is 18.4 Å². The average molecular weight is 263 g/mol. The molecule has 16 heavy (non-hydrogen) atoms. The number of hydrogen-bond acceptors (Lipinski definition) is 3. The predicted octanol–water partition coefficient (Wildman–Crippen LogP) is 2.75. The van der Waals surface area contributed by atoms with Crippen LogP contribution in [0.25, 0.3) is 0 Å². The van der Waals surface area contributed by atoms with E-state index in [9.17, 15) is 0 Å². The molecular weight excluding hydrogens is 251 g/mol. The summed E-state index contributed by atoms with van der Waals surface area (Å²) in [5.41, 5.74) is 5.41. The van der Waals surface area contributed by atoms with Gasteiger partial charge in [-0.25, -0.2) is 0 Å². The molecule has 3 N–H and O–H groups in total. The standard InChI is InChI=1S/C10H12Cl2N2O2/c1-6(10(13)14-15)5-16-9-3-7(11)2-8(12)4-9/h2-4,6,15H,5H2,1H3,(H2,13,14). The van der Waals surface area contributed by atoms with Crippen LogP contribution < -0.4 is 10.5 Å². The highest BCUT2D eigenvalue weighted by Gasteiger charge is 2.09. The Hall–Kier alpha value is -1.13. The van der Waals surface area contributed by atoms with Crippen LogP contribution in [-0.4, -0.2) is 17.6 Å². The van der Waals surface area contributed by atoms with Crippen LogP contribution in [0, 0.1) is 5.92 Å². The second-order valence-corrected chi connectivity index (χ2v) is 4.21. The van der Waals surface area contributed by atoms with Crippen molar-refractivity contribution in [2.75, 3.05) is 6.61 Å². The number of amidine groups is 1. The van der Waals surface area contributed by atoms with Gasteiger partial charge >= 0.3 is 0 Å². The summed E-state index contributed by atoms with van der Waals surface area (Å²) in [6.45, 7) is 2.06. The Labute approximate surface area is 104 Å². The Kier molecular flexibility index (Phi) is 4.71. The molecule has 0 bridgehead atoms. The lowest BCUT2D eigenvalue weighted by Crippen LogP contribution is -2.26. The molecule has 0 spiro atoms. The minimum atomic E-state index is -0.192. The Morgan fingerprint density at radius 3 is 2.50 bits per heavy atom. The lowest BCUT2D eigenvalue weighted by Gasteiger charge is -2.12. The van der Waals surface area contributed by atoms with E-state index < -0.39 is 0 Å².